The molecule has 1 aromatic carbocycles. The van der Waals surface area contributed by atoms with Gasteiger partial charge in [0.25, 0.3) is 5.56 Å². The van der Waals surface area contributed by atoms with Crippen molar-refractivity contribution in [2.24, 2.45) is 18.0 Å². The molecule has 0 fully saturated rings. The number of hydrogen-bond donors (Lipinski definition) is 2. The van der Waals surface area contributed by atoms with E-state index < -0.39 is 5.54 Å². The Morgan fingerprint density at radius 3 is 2.68 bits per heavy atom. The molecule has 5 aromatic rings. The van der Waals surface area contributed by atoms with E-state index in [1.807, 2.05) is 99.4 Å². The zero-order valence-corrected chi connectivity index (χ0v) is 24.0. The molecule has 8 nitrogen and oxygen atoms in total. The van der Waals surface area contributed by atoms with Crippen molar-refractivity contribution in [1.82, 2.24) is 19.1 Å². The van der Waals surface area contributed by atoms with Gasteiger partial charge in [0.15, 0.2) is 0 Å². The number of rotatable bonds is 8. The van der Waals surface area contributed by atoms with E-state index in [0.717, 1.165) is 33.1 Å². The molecule has 208 valence electrons. The molecule has 0 spiro atoms. The molecule has 0 aliphatic carbocycles. The Balaban J connectivity index is 1.86. The Morgan fingerprint density at radius 2 is 2.00 bits per heavy atom. The molecule has 4 aromatic heterocycles. The number of carbonyl (C=O) groups excluding carboxylic acids is 1. The first kappa shape index (κ1) is 27.6. The topological polar surface area (TPSA) is 97.1 Å². The molecule has 8 heteroatoms. The fourth-order valence-electron chi connectivity index (χ4n) is 5.35. The summed E-state index contributed by atoms with van der Waals surface area (Å²) in [6.45, 7) is 11.6. The minimum absolute atomic E-state index is 0.0838. The number of fused-ring (bicyclic) bond motifs is 2. The van der Waals surface area contributed by atoms with Crippen molar-refractivity contribution in [3.63, 3.8) is 0 Å². The van der Waals surface area contributed by atoms with E-state index in [-0.39, 0.29) is 17.4 Å². The molecular weight excluding hydrogens is 512 g/mol. The van der Waals surface area contributed by atoms with E-state index in [2.05, 4.69) is 39.6 Å². The molecule has 0 bridgehead atoms. The van der Waals surface area contributed by atoms with Crippen molar-refractivity contribution in [3.8, 4) is 11.1 Å². The summed E-state index contributed by atoms with van der Waals surface area (Å²) in [4.78, 5) is 37.6. The molecule has 1 atom stereocenters. The third-order valence-electron chi connectivity index (χ3n) is 7.56. The largest absolute Gasteiger partial charge is 0.345 e. The number of allylic oxidation sites excluding steroid dienone is 4. The molecule has 0 saturated carbocycles. The van der Waals surface area contributed by atoms with Gasteiger partial charge in [0.05, 0.1) is 22.6 Å². The number of hydrogen-bond acceptors (Lipinski definition) is 4. The molecule has 1 unspecified atom stereocenters. The average molecular weight is 547 g/mol. The summed E-state index contributed by atoms with van der Waals surface area (Å²) in [6, 6.07) is 13.8. The van der Waals surface area contributed by atoms with Crippen molar-refractivity contribution in [2.75, 3.05) is 5.32 Å². The summed E-state index contributed by atoms with van der Waals surface area (Å²) < 4.78 is 3.96. The van der Waals surface area contributed by atoms with Gasteiger partial charge < -0.3 is 19.4 Å². The van der Waals surface area contributed by atoms with Crippen LogP contribution in [0.5, 0.6) is 0 Å². The predicted octanol–water partition coefficient (Wildman–Crippen LogP) is 6.40. The maximum atomic E-state index is 12.9. The number of benzene rings is 1. The smallest absolute Gasteiger partial charge is 0.272 e. The number of H-pyrrole nitrogens is 1. The van der Waals surface area contributed by atoms with E-state index in [1.165, 1.54) is 0 Å². The summed E-state index contributed by atoms with van der Waals surface area (Å²) in [7, 11) is 1.86. The number of aromatic amines is 1. The molecule has 0 aliphatic rings. The van der Waals surface area contributed by atoms with E-state index in [9.17, 15) is 9.59 Å². The maximum Gasteiger partial charge on any atom is 0.272 e. The zero-order valence-electron chi connectivity index (χ0n) is 24.0. The molecule has 2 N–H and O–H groups in total. The van der Waals surface area contributed by atoms with E-state index >= 15 is 0 Å². The van der Waals surface area contributed by atoms with Crippen LogP contribution in [-0.2, 0) is 17.4 Å². The number of aromatic nitrogens is 4. The van der Waals surface area contributed by atoms with E-state index in [4.69, 9.17) is 4.98 Å². The van der Waals surface area contributed by atoms with E-state index in [0.29, 0.717) is 16.9 Å². The molecule has 0 saturated heterocycles. The summed E-state index contributed by atoms with van der Waals surface area (Å²) in [5, 5.41) is 4.83. The highest BCUT2D eigenvalue weighted by atomic mass is 16.1. The van der Waals surface area contributed by atoms with Gasteiger partial charge in [-0.3, -0.25) is 19.6 Å². The first-order valence-electron chi connectivity index (χ1n) is 13.6. The van der Waals surface area contributed by atoms with Gasteiger partial charge >= 0.3 is 0 Å². The number of aliphatic imine (C=N–C) groups is 1. The van der Waals surface area contributed by atoms with Crippen LogP contribution in [0, 0.1) is 5.92 Å². The van der Waals surface area contributed by atoms with Gasteiger partial charge in [-0.1, -0.05) is 32.1 Å². The van der Waals surface area contributed by atoms with Crippen molar-refractivity contribution in [1.29, 1.82) is 0 Å². The highest BCUT2D eigenvalue weighted by molar-refractivity contribution is 6.06. The van der Waals surface area contributed by atoms with Gasteiger partial charge in [-0.25, -0.2) is 0 Å². The molecule has 5 rings (SSSR count). The van der Waals surface area contributed by atoms with Crippen LogP contribution < -0.4 is 10.9 Å². The fraction of sp³-hybridized carbons (Fsp3) is 0.212. The minimum atomic E-state index is -0.835. The Morgan fingerprint density at radius 1 is 1.20 bits per heavy atom. The van der Waals surface area contributed by atoms with Crippen LogP contribution in [0.3, 0.4) is 0 Å². The monoisotopic (exact) mass is 546 g/mol. The lowest BCUT2D eigenvalue weighted by molar-refractivity contribution is -0.118. The van der Waals surface area contributed by atoms with Crippen molar-refractivity contribution in [2.45, 2.75) is 33.2 Å². The zero-order chi connectivity index (χ0) is 29.3. The van der Waals surface area contributed by atoms with Crippen LogP contribution in [-0.4, -0.2) is 31.7 Å². The number of nitrogens with one attached hydrogen (secondary N) is 2. The van der Waals surface area contributed by atoms with E-state index in [1.54, 1.807) is 12.4 Å². The summed E-state index contributed by atoms with van der Waals surface area (Å²) >= 11 is 0. The van der Waals surface area contributed by atoms with Gasteiger partial charge in [-0.2, -0.15) is 0 Å². The second-order valence-electron chi connectivity index (χ2n) is 10.5. The summed E-state index contributed by atoms with van der Waals surface area (Å²) in [5.74, 6) is -0.287. The Labute approximate surface area is 238 Å². The molecule has 4 heterocycles. The predicted molar refractivity (Wildman–Crippen MR) is 167 cm³/mol. The standard InChI is InChI=1S/C33H34N6O2/c1-7-8-11-28(34-5)33(4,29-12-9-10-15-35-29)39-17-14-24-26(37-31(40)21(2)3)18-22(19-27(24)39)25-20-38(6)30-23(25)13-16-36-32(30)41/h7-21H,5H2,1-4,6H3,(H,36,41)(H,37,40)/b8-7-,28-11-. The maximum absolute atomic E-state index is 12.9. The van der Waals surface area contributed by atoms with Crippen LogP contribution in [0.25, 0.3) is 32.9 Å². The highest BCUT2D eigenvalue weighted by Gasteiger charge is 2.35. The Kier molecular flexibility index (Phi) is 7.32. The van der Waals surface area contributed by atoms with Crippen LogP contribution in [0.4, 0.5) is 5.69 Å². The first-order chi connectivity index (χ1) is 19.7. The number of carbonyl (C=O) groups is 1. The van der Waals surface area contributed by atoms with Crippen molar-refractivity contribution < 1.29 is 4.79 Å². The minimum Gasteiger partial charge on any atom is -0.345 e. The van der Waals surface area contributed by atoms with Crippen LogP contribution >= 0.6 is 0 Å². The summed E-state index contributed by atoms with van der Waals surface area (Å²) in [5.41, 5.74) is 4.38. The fourth-order valence-corrected chi connectivity index (χ4v) is 5.35. The van der Waals surface area contributed by atoms with Gasteiger partial charge in [0, 0.05) is 54.1 Å². The highest BCUT2D eigenvalue weighted by Crippen LogP contribution is 2.41. The SMILES string of the molecule is C=N/C(=C\C=C/C)C(C)(c1ccccn1)n1ccc2c(NC(=O)C(C)C)cc(-c3cn(C)c4c(=O)[nH]ccc34)cc21. The number of anilines is 1. The number of nitrogens with zero attached hydrogens (tertiary/aromatic N) is 4. The van der Waals surface area contributed by atoms with Gasteiger partial charge in [0.1, 0.15) is 11.1 Å². The van der Waals surface area contributed by atoms with Crippen LogP contribution in [0.2, 0.25) is 0 Å². The third-order valence-corrected chi connectivity index (χ3v) is 7.56. The van der Waals surface area contributed by atoms with Gasteiger partial charge in [-0.05, 0) is 68.6 Å². The van der Waals surface area contributed by atoms with Gasteiger partial charge in [-0.15, -0.1) is 0 Å². The Hall–Kier alpha value is -4.98. The van der Waals surface area contributed by atoms with Gasteiger partial charge in [0.2, 0.25) is 5.91 Å². The normalized spacial score (nSPS) is 13.8. The lowest BCUT2D eigenvalue weighted by Gasteiger charge is -2.32. The quantitative estimate of drug-likeness (QED) is 0.174. The molecule has 41 heavy (non-hydrogen) atoms. The molecular formula is C33H34N6O2. The number of amides is 1. The second kappa shape index (κ2) is 10.9. The van der Waals surface area contributed by atoms with Crippen molar-refractivity contribution in [3.05, 3.63) is 107 Å². The molecule has 1 amide bonds. The Bertz CT molecular complexity index is 1890. The second-order valence-corrected chi connectivity index (χ2v) is 10.5. The molecule has 0 aliphatic heterocycles. The number of pyridine rings is 2. The number of aryl methyl sites for hydroxylation is 1. The first-order valence-corrected chi connectivity index (χ1v) is 13.6. The lowest BCUT2D eigenvalue weighted by atomic mass is 9.91. The van der Waals surface area contributed by atoms with Crippen LogP contribution in [0.15, 0.2) is 101 Å². The summed E-state index contributed by atoms with van der Waals surface area (Å²) in [6.07, 6.45) is 13.2. The third kappa shape index (κ3) is 4.71. The van der Waals surface area contributed by atoms with Crippen molar-refractivity contribution >= 4 is 40.1 Å². The molecule has 0 radical (unpaired) electrons. The average Bonchev–Trinajstić information content (AvgIpc) is 3.56. The lowest BCUT2D eigenvalue weighted by Crippen LogP contribution is -2.33. The van der Waals surface area contributed by atoms with Crippen LogP contribution in [0.1, 0.15) is 33.4 Å².